The molecule has 2 aromatic carbocycles. The number of anilines is 1. The van der Waals surface area contributed by atoms with E-state index < -0.39 is 15.6 Å². The van der Waals surface area contributed by atoms with E-state index in [-0.39, 0.29) is 5.82 Å². The Bertz CT molecular complexity index is 1190. The number of nitrogens with one attached hydrogen (secondary N) is 1. The van der Waals surface area contributed by atoms with Crippen LogP contribution in [0.25, 0.3) is 5.69 Å². The highest BCUT2D eigenvalue weighted by Crippen LogP contribution is 2.44. The van der Waals surface area contributed by atoms with Gasteiger partial charge in [0.2, 0.25) is 10.0 Å². The van der Waals surface area contributed by atoms with Gasteiger partial charge in [0, 0.05) is 25.0 Å². The minimum atomic E-state index is -3.53. The number of hydrogen-bond donors (Lipinski definition) is 1. The average molecular weight is 426 g/mol. The number of aromatic nitrogens is 1. The molecule has 0 amide bonds. The van der Waals surface area contributed by atoms with Gasteiger partial charge in [-0.1, -0.05) is 19.1 Å². The SMILES string of the molecule is CCc1ccc(S(=O)(=O)N2CCC3(CC2)Nc2cc(F)ccc2-n2cccc23)cc1. The molecule has 0 radical (unpaired) electrons. The maximum atomic E-state index is 13.9. The van der Waals surface area contributed by atoms with E-state index in [9.17, 15) is 12.8 Å². The molecule has 3 aromatic rings. The molecule has 1 saturated heterocycles. The van der Waals surface area contributed by atoms with Gasteiger partial charge in [0.05, 0.1) is 21.8 Å². The molecule has 0 unspecified atom stereocenters. The first-order valence-corrected chi connectivity index (χ1v) is 11.7. The molecule has 1 fully saturated rings. The van der Waals surface area contributed by atoms with Crippen molar-refractivity contribution in [3.8, 4) is 5.69 Å². The van der Waals surface area contributed by atoms with Crippen molar-refractivity contribution >= 4 is 15.7 Å². The van der Waals surface area contributed by atoms with Gasteiger partial charge >= 0.3 is 0 Å². The van der Waals surface area contributed by atoms with Crippen LogP contribution in [0.1, 0.15) is 31.0 Å². The maximum absolute atomic E-state index is 13.9. The second-order valence-electron chi connectivity index (χ2n) is 8.03. The van der Waals surface area contributed by atoms with Gasteiger partial charge in [-0.2, -0.15) is 4.31 Å². The predicted octanol–water partition coefficient (Wildman–Crippen LogP) is 4.28. The standard InChI is InChI=1S/C23H24FN3O2S/c1-2-17-5-8-19(9-6-17)30(28,29)26-14-11-23(12-15-26)22-4-3-13-27(22)21-10-7-18(24)16-20(21)25-23/h3-10,13,16,25H,2,11-12,14-15H2,1H3. The lowest BCUT2D eigenvalue weighted by Gasteiger charge is -2.45. The maximum Gasteiger partial charge on any atom is 0.243 e. The Morgan fingerprint density at radius 3 is 2.50 bits per heavy atom. The molecule has 1 N–H and O–H groups in total. The van der Waals surface area contributed by atoms with E-state index in [1.54, 1.807) is 22.5 Å². The lowest BCUT2D eigenvalue weighted by molar-refractivity contribution is 0.247. The topological polar surface area (TPSA) is 54.3 Å². The second kappa shape index (κ2) is 6.96. The predicted molar refractivity (Wildman–Crippen MR) is 115 cm³/mol. The molecule has 0 saturated carbocycles. The number of sulfonamides is 1. The van der Waals surface area contributed by atoms with Crippen molar-refractivity contribution in [1.82, 2.24) is 8.87 Å². The first-order chi connectivity index (χ1) is 14.4. The first kappa shape index (κ1) is 19.3. The Kier molecular flexibility index (Phi) is 4.48. The van der Waals surface area contributed by atoms with Crippen LogP contribution in [0.4, 0.5) is 10.1 Å². The summed E-state index contributed by atoms with van der Waals surface area (Å²) in [7, 11) is -3.53. The summed E-state index contributed by atoms with van der Waals surface area (Å²) in [6.07, 6.45) is 4.07. The van der Waals surface area contributed by atoms with E-state index in [2.05, 4.69) is 16.0 Å². The molecule has 30 heavy (non-hydrogen) atoms. The van der Waals surface area contributed by atoms with Gasteiger partial charge in [-0.3, -0.25) is 0 Å². The summed E-state index contributed by atoms with van der Waals surface area (Å²) in [5.41, 5.74) is 3.44. The molecule has 0 atom stereocenters. The van der Waals surface area contributed by atoms with Crippen LogP contribution in [-0.4, -0.2) is 30.4 Å². The highest BCUT2D eigenvalue weighted by molar-refractivity contribution is 7.89. The third-order valence-electron chi connectivity index (χ3n) is 6.38. The van der Waals surface area contributed by atoms with Crippen LogP contribution >= 0.6 is 0 Å². The van der Waals surface area contributed by atoms with Crippen molar-refractivity contribution in [2.24, 2.45) is 0 Å². The molecule has 1 spiro atoms. The molecule has 3 heterocycles. The molecule has 0 bridgehead atoms. The number of fused-ring (bicyclic) bond motifs is 4. The quantitative estimate of drug-likeness (QED) is 0.681. The average Bonchev–Trinajstić information content (AvgIpc) is 3.25. The smallest absolute Gasteiger partial charge is 0.243 e. The minimum Gasteiger partial charge on any atom is -0.372 e. The summed E-state index contributed by atoms with van der Waals surface area (Å²) in [6, 6.07) is 15.9. The van der Waals surface area contributed by atoms with Crippen molar-refractivity contribution < 1.29 is 12.8 Å². The van der Waals surface area contributed by atoms with Crippen molar-refractivity contribution in [2.45, 2.75) is 36.6 Å². The molecule has 5 nitrogen and oxygen atoms in total. The number of rotatable bonds is 3. The zero-order chi connectivity index (χ0) is 20.9. The Hall–Kier alpha value is -2.64. The highest BCUT2D eigenvalue weighted by Gasteiger charge is 2.43. The summed E-state index contributed by atoms with van der Waals surface area (Å²) in [5.74, 6) is -0.289. The van der Waals surface area contributed by atoms with E-state index in [1.807, 2.05) is 31.3 Å². The highest BCUT2D eigenvalue weighted by atomic mass is 32.2. The van der Waals surface area contributed by atoms with Crippen molar-refractivity contribution in [2.75, 3.05) is 18.4 Å². The fraction of sp³-hybridized carbons (Fsp3) is 0.304. The zero-order valence-electron chi connectivity index (χ0n) is 16.8. The fourth-order valence-electron chi connectivity index (χ4n) is 4.66. The lowest BCUT2D eigenvalue weighted by Crippen LogP contribution is -2.51. The molecule has 2 aliphatic heterocycles. The van der Waals surface area contributed by atoms with Crippen LogP contribution in [0.3, 0.4) is 0 Å². The Balaban J connectivity index is 1.43. The Morgan fingerprint density at radius 1 is 1.07 bits per heavy atom. The van der Waals surface area contributed by atoms with E-state index in [4.69, 9.17) is 0 Å². The molecule has 7 heteroatoms. The van der Waals surface area contributed by atoms with Crippen LogP contribution in [0, 0.1) is 5.82 Å². The number of aryl methyl sites for hydroxylation is 1. The molecule has 2 aliphatic rings. The van der Waals surface area contributed by atoms with Crippen molar-refractivity contribution in [3.05, 3.63) is 77.9 Å². The van der Waals surface area contributed by atoms with Gasteiger partial charge in [0.15, 0.2) is 0 Å². The van der Waals surface area contributed by atoms with Gasteiger partial charge in [-0.05, 0) is 67.3 Å². The molecule has 5 rings (SSSR count). The number of benzene rings is 2. The van der Waals surface area contributed by atoms with Crippen molar-refractivity contribution in [1.29, 1.82) is 0 Å². The summed E-state index contributed by atoms with van der Waals surface area (Å²) < 4.78 is 43.8. The van der Waals surface area contributed by atoms with Gasteiger partial charge in [0.25, 0.3) is 0 Å². The van der Waals surface area contributed by atoms with Crippen LogP contribution in [0.15, 0.2) is 65.7 Å². The third kappa shape index (κ3) is 2.96. The summed E-state index contributed by atoms with van der Waals surface area (Å²) >= 11 is 0. The zero-order valence-corrected chi connectivity index (χ0v) is 17.6. The van der Waals surface area contributed by atoms with Gasteiger partial charge in [0.1, 0.15) is 5.82 Å². The number of halogens is 1. The fourth-order valence-corrected chi connectivity index (χ4v) is 6.10. The number of hydrogen-bond acceptors (Lipinski definition) is 3. The summed E-state index contributed by atoms with van der Waals surface area (Å²) in [4.78, 5) is 0.336. The van der Waals surface area contributed by atoms with Gasteiger partial charge in [-0.15, -0.1) is 0 Å². The Morgan fingerprint density at radius 2 is 1.80 bits per heavy atom. The molecular formula is C23H24FN3O2S. The van der Waals surface area contributed by atoms with E-state index in [0.717, 1.165) is 29.1 Å². The van der Waals surface area contributed by atoms with Gasteiger partial charge in [-0.25, -0.2) is 12.8 Å². The third-order valence-corrected chi connectivity index (χ3v) is 8.29. The van der Waals surface area contributed by atoms with Crippen LogP contribution in [0.2, 0.25) is 0 Å². The largest absolute Gasteiger partial charge is 0.372 e. The molecule has 156 valence electrons. The monoisotopic (exact) mass is 425 g/mol. The summed E-state index contributed by atoms with van der Waals surface area (Å²) in [6.45, 7) is 2.85. The number of piperidine rings is 1. The van der Waals surface area contributed by atoms with Gasteiger partial charge < -0.3 is 9.88 Å². The number of nitrogens with zero attached hydrogens (tertiary/aromatic N) is 2. The van der Waals surface area contributed by atoms with E-state index in [0.29, 0.717) is 30.8 Å². The van der Waals surface area contributed by atoms with Crippen molar-refractivity contribution in [3.63, 3.8) is 0 Å². The minimum absolute atomic E-state index is 0.289. The molecule has 0 aliphatic carbocycles. The van der Waals surface area contributed by atoms with E-state index in [1.165, 1.54) is 12.1 Å². The normalized spacial score (nSPS) is 17.9. The van der Waals surface area contributed by atoms with Crippen LogP contribution < -0.4 is 5.32 Å². The molecule has 1 aromatic heterocycles. The van der Waals surface area contributed by atoms with Crippen LogP contribution in [-0.2, 0) is 22.0 Å². The van der Waals surface area contributed by atoms with Crippen LogP contribution in [0.5, 0.6) is 0 Å². The second-order valence-corrected chi connectivity index (χ2v) is 9.97. The lowest BCUT2D eigenvalue weighted by atomic mass is 9.83. The Labute approximate surface area is 176 Å². The van der Waals surface area contributed by atoms with E-state index >= 15 is 0 Å². The summed E-state index contributed by atoms with van der Waals surface area (Å²) in [5, 5.41) is 3.54. The molecular weight excluding hydrogens is 401 g/mol. The first-order valence-electron chi connectivity index (χ1n) is 10.3.